The number of hydrogen-bond acceptors (Lipinski definition) is 3. The number of hydrogen-bond donors (Lipinski definition) is 1. The SMILES string of the molecule is CC(C)n1ncc2c1C(=O)CC1(CCNCC1)C2.Cl.Cl. The summed E-state index contributed by atoms with van der Waals surface area (Å²) in [6.45, 7) is 6.24. The van der Waals surface area contributed by atoms with Gasteiger partial charge in [0.15, 0.2) is 5.78 Å². The summed E-state index contributed by atoms with van der Waals surface area (Å²) in [7, 11) is 0. The Morgan fingerprint density at radius 1 is 1.25 bits per heavy atom. The zero-order valence-corrected chi connectivity index (χ0v) is 13.6. The number of carbonyl (C=O) groups is 1. The molecule has 114 valence electrons. The van der Waals surface area contributed by atoms with E-state index in [2.05, 4.69) is 24.3 Å². The number of Topliss-reactive ketones (excluding diaryl/α,β-unsaturated/α-hetero) is 1. The van der Waals surface area contributed by atoms with Gasteiger partial charge in [0.2, 0.25) is 0 Å². The van der Waals surface area contributed by atoms with Crippen molar-refractivity contribution in [1.82, 2.24) is 15.1 Å². The van der Waals surface area contributed by atoms with Crippen LogP contribution in [0.4, 0.5) is 0 Å². The Labute approximate surface area is 132 Å². The Hall–Kier alpha value is -0.580. The van der Waals surface area contributed by atoms with Crippen LogP contribution < -0.4 is 5.32 Å². The van der Waals surface area contributed by atoms with Gasteiger partial charge in [-0.05, 0) is 51.6 Å². The first-order valence-corrected chi connectivity index (χ1v) is 6.92. The van der Waals surface area contributed by atoms with Crippen LogP contribution in [0.1, 0.15) is 55.2 Å². The average Bonchev–Trinajstić information content (AvgIpc) is 2.73. The molecule has 1 N–H and O–H groups in total. The average molecular weight is 320 g/mol. The molecule has 2 heterocycles. The fraction of sp³-hybridized carbons (Fsp3) is 0.714. The molecule has 1 saturated heterocycles. The molecule has 0 saturated carbocycles. The highest BCUT2D eigenvalue weighted by molar-refractivity contribution is 5.97. The molecule has 1 aromatic heterocycles. The smallest absolute Gasteiger partial charge is 0.181 e. The number of carbonyl (C=O) groups excluding carboxylic acids is 1. The van der Waals surface area contributed by atoms with Crippen molar-refractivity contribution in [1.29, 1.82) is 0 Å². The molecule has 0 bridgehead atoms. The first kappa shape index (κ1) is 17.5. The predicted octanol–water partition coefficient (Wildman–Crippen LogP) is 2.81. The van der Waals surface area contributed by atoms with Crippen molar-refractivity contribution in [2.24, 2.45) is 5.41 Å². The molecule has 1 spiro atoms. The van der Waals surface area contributed by atoms with Crippen LogP contribution in [-0.2, 0) is 6.42 Å². The zero-order chi connectivity index (χ0) is 12.8. The van der Waals surface area contributed by atoms with E-state index in [1.165, 1.54) is 5.56 Å². The van der Waals surface area contributed by atoms with Gasteiger partial charge in [-0.1, -0.05) is 0 Å². The number of ketones is 1. The van der Waals surface area contributed by atoms with Gasteiger partial charge in [0, 0.05) is 18.0 Å². The summed E-state index contributed by atoms with van der Waals surface area (Å²) < 4.78 is 1.89. The van der Waals surface area contributed by atoms with Crippen molar-refractivity contribution < 1.29 is 4.79 Å². The summed E-state index contributed by atoms with van der Waals surface area (Å²) >= 11 is 0. The number of rotatable bonds is 1. The second-order valence-corrected chi connectivity index (χ2v) is 6.08. The molecule has 0 radical (unpaired) electrons. The Balaban J connectivity index is 0.000001000. The van der Waals surface area contributed by atoms with E-state index < -0.39 is 0 Å². The molecule has 1 aliphatic carbocycles. The van der Waals surface area contributed by atoms with Crippen LogP contribution in [0.5, 0.6) is 0 Å². The number of fused-ring (bicyclic) bond motifs is 1. The maximum absolute atomic E-state index is 12.5. The zero-order valence-electron chi connectivity index (χ0n) is 12.0. The van der Waals surface area contributed by atoms with Crippen LogP contribution in [0.25, 0.3) is 0 Å². The highest BCUT2D eigenvalue weighted by atomic mass is 35.5. The van der Waals surface area contributed by atoms with Gasteiger partial charge in [0.1, 0.15) is 5.69 Å². The van der Waals surface area contributed by atoms with Gasteiger partial charge in [-0.25, -0.2) is 0 Å². The third-order valence-electron chi connectivity index (χ3n) is 4.39. The van der Waals surface area contributed by atoms with E-state index in [9.17, 15) is 4.79 Å². The molecule has 20 heavy (non-hydrogen) atoms. The molecule has 2 aliphatic rings. The predicted molar refractivity (Wildman–Crippen MR) is 84.3 cm³/mol. The molecule has 1 fully saturated rings. The number of nitrogens with one attached hydrogen (secondary N) is 1. The molecule has 0 unspecified atom stereocenters. The van der Waals surface area contributed by atoms with Crippen LogP contribution in [0.3, 0.4) is 0 Å². The maximum Gasteiger partial charge on any atom is 0.181 e. The minimum absolute atomic E-state index is 0. The van der Waals surface area contributed by atoms with Crippen molar-refractivity contribution in [2.75, 3.05) is 13.1 Å². The minimum atomic E-state index is 0. The summed E-state index contributed by atoms with van der Waals surface area (Å²) in [5.41, 5.74) is 2.25. The van der Waals surface area contributed by atoms with E-state index in [0.717, 1.165) is 38.0 Å². The van der Waals surface area contributed by atoms with E-state index in [-0.39, 0.29) is 36.3 Å². The van der Waals surface area contributed by atoms with Crippen LogP contribution in [-0.4, -0.2) is 28.7 Å². The van der Waals surface area contributed by atoms with Gasteiger partial charge in [0.25, 0.3) is 0 Å². The number of aromatic nitrogens is 2. The second-order valence-electron chi connectivity index (χ2n) is 6.08. The summed E-state index contributed by atoms with van der Waals surface area (Å²) in [5.74, 6) is 0.296. The lowest BCUT2D eigenvalue weighted by Gasteiger charge is -2.40. The van der Waals surface area contributed by atoms with E-state index in [4.69, 9.17) is 0 Å². The lowest BCUT2D eigenvalue weighted by atomic mass is 9.67. The number of nitrogens with zero attached hydrogens (tertiary/aromatic N) is 2. The molecule has 0 aromatic carbocycles. The Bertz CT molecular complexity index is 479. The van der Waals surface area contributed by atoms with Crippen LogP contribution in [0.15, 0.2) is 6.20 Å². The normalized spacial score (nSPS) is 20.2. The number of piperidine rings is 1. The van der Waals surface area contributed by atoms with Gasteiger partial charge in [-0.15, -0.1) is 24.8 Å². The third-order valence-corrected chi connectivity index (χ3v) is 4.39. The molecule has 4 nitrogen and oxygen atoms in total. The minimum Gasteiger partial charge on any atom is -0.317 e. The molecule has 0 amide bonds. The Morgan fingerprint density at radius 3 is 2.50 bits per heavy atom. The summed E-state index contributed by atoms with van der Waals surface area (Å²) in [4.78, 5) is 12.5. The van der Waals surface area contributed by atoms with Crippen LogP contribution >= 0.6 is 24.8 Å². The highest BCUT2D eigenvalue weighted by Gasteiger charge is 2.41. The fourth-order valence-electron chi connectivity index (χ4n) is 3.43. The van der Waals surface area contributed by atoms with Gasteiger partial charge < -0.3 is 5.32 Å². The first-order chi connectivity index (χ1) is 8.61. The second kappa shape index (κ2) is 6.46. The number of halogens is 2. The largest absolute Gasteiger partial charge is 0.317 e. The van der Waals surface area contributed by atoms with Gasteiger partial charge in [-0.2, -0.15) is 5.10 Å². The summed E-state index contributed by atoms with van der Waals surface area (Å²) in [5, 5.41) is 7.79. The molecule has 1 aliphatic heterocycles. The van der Waals surface area contributed by atoms with Crippen molar-refractivity contribution in [2.45, 2.75) is 45.6 Å². The lowest BCUT2D eigenvalue weighted by molar-refractivity contribution is 0.0822. The molecule has 3 rings (SSSR count). The molecular formula is C14H23Cl2N3O. The van der Waals surface area contributed by atoms with Crippen LogP contribution in [0, 0.1) is 5.41 Å². The van der Waals surface area contributed by atoms with E-state index >= 15 is 0 Å². The van der Waals surface area contributed by atoms with E-state index in [1.807, 2.05) is 10.9 Å². The lowest BCUT2D eigenvalue weighted by Crippen LogP contribution is -2.42. The van der Waals surface area contributed by atoms with Gasteiger partial charge in [-0.3, -0.25) is 9.48 Å². The van der Waals surface area contributed by atoms with Gasteiger partial charge in [0.05, 0.1) is 6.20 Å². The molecule has 0 atom stereocenters. The Morgan fingerprint density at radius 2 is 1.90 bits per heavy atom. The van der Waals surface area contributed by atoms with Gasteiger partial charge >= 0.3 is 0 Å². The van der Waals surface area contributed by atoms with E-state index in [1.54, 1.807) is 0 Å². The fourth-order valence-corrected chi connectivity index (χ4v) is 3.43. The van der Waals surface area contributed by atoms with Crippen molar-refractivity contribution in [3.8, 4) is 0 Å². The maximum atomic E-state index is 12.5. The third kappa shape index (κ3) is 2.87. The Kier molecular flexibility index (Phi) is 5.64. The summed E-state index contributed by atoms with van der Waals surface area (Å²) in [6.07, 6.45) is 5.88. The first-order valence-electron chi connectivity index (χ1n) is 6.92. The monoisotopic (exact) mass is 319 g/mol. The standard InChI is InChI=1S/C14H21N3O.2ClH/c1-10(2)17-13-11(9-16-17)7-14(8-12(13)18)3-5-15-6-4-14;;/h9-10,15H,3-8H2,1-2H3;2*1H. The topological polar surface area (TPSA) is 46.9 Å². The molecule has 1 aromatic rings. The molecule has 6 heteroatoms. The quantitative estimate of drug-likeness (QED) is 0.865. The van der Waals surface area contributed by atoms with Crippen molar-refractivity contribution in [3.05, 3.63) is 17.5 Å². The highest BCUT2D eigenvalue weighted by Crippen LogP contribution is 2.42. The molecular weight excluding hydrogens is 297 g/mol. The van der Waals surface area contributed by atoms with Crippen molar-refractivity contribution >= 4 is 30.6 Å². The van der Waals surface area contributed by atoms with E-state index in [0.29, 0.717) is 12.2 Å². The van der Waals surface area contributed by atoms with Crippen LogP contribution in [0.2, 0.25) is 0 Å². The summed E-state index contributed by atoms with van der Waals surface area (Å²) in [6, 6.07) is 0.264. The van der Waals surface area contributed by atoms with Crippen molar-refractivity contribution in [3.63, 3.8) is 0 Å².